The highest BCUT2D eigenvalue weighted by molar-refractivity contribution is 7.10. The second-order valence-corrected chi connectivity index (χ2v) is 5.16. The number of para-hydroxylation sites is 2. The van der Waals surface area contributed by atoms with Crippen LogP contribution >= 0.6 is 11.3 Å². The van der Waals surface area contributed by atoms with E-state index in [9.17, 15) is 8.78 Å². The fourth-order valence-corrected chi connectivity index (χ4v) is 2.85. The Balaban J connectivity index is 2.17. The number of halogens is 2. The van der Waals surface area contributed by atoms with Crippen molar-refractivity contribution in [2.45, 2.75) is 26.5 Å². The number of hydrogen-bond donors (Lipinski definition) is 1. The SMILES string of the molecule is Cc1ccsc1C(C)Nc1ccccc1OC(F)F. The van der Waals surface area contributed by atoms with Crippen LogP contribution in [0, 0.1) is 6.92 Å². The van der Waals surface area contributed by atoms with Crippen molar-refractivity contribution in [1.29, 1.82) is 0 Å². The van der Waals surface area contributed by atoms with Crippen LogP contribution in [0.15, 0.2) is 35.7 Å². The van der Waals surface area contributed by atoms with Gasteiger partial charge in [-0.1, -0.05) is 12.1 Å². The molecule has 102 valence electrons. The third kappa shape index (κ3) is 3.44. The molecule has 2 rings (SSSR count). The Morgan fingerprint density at radius 1 is 1.21 bits per heavy atom. The van der Waals surface area contributed by atoms with E-state index < -0.39 is 6.61 Å². The van der Waals surface area contributed by atoms with E-state index in [1.165, 1.54) is 16.5 Å². The van der Waals surface area contributed by atoms with Gasteiger partial charge < -0.3 is 10.1 Å². The van der Waals surface area contributed by atoms with Crippen LogP contribution in [-0.2, 0) is 0 Å². The van der Waals surface area contributed by atoms with Gasteiger partial charge in [-0.05, 0) is 43.0 Å². The summed E-state index contributed by atoms with van der Waals surface area (Å²) in [6.45, 7) is 1.21. The monoisotopic (exact) mass is 283 g/mol. The lowest BCUT2D eigenvalue weighted by Crippen LogP contribution is -2.09. The van der Waals surface area contributed by atoms with E-state index in [4.69, 9.17) is 0 Å². The van der Waals surface area contributed by atoms with Crippen molar-refractivity contribution in [2.75, 3.05) is 5.32 Å². The Labute approximate surface area is 115 Å². The number of aryl methyl sites for hydroxylation is 1. The number of anilines is 1. The molecule has 0 amide bonds. The maximum absolute atomic E-state index is 12.3. The number of benzene rings is 1. The third-order valence-electron chi connectivity index (χ3n) is 2.77. The van der Waals surface area contributed by atoms with Crippen molar-refractivity contribution in [3.05, 3.63) is 46.2 Å². The summed E-state index contributed by atoms with van der Waals surface area (Å²) in [5.41, 5.74) is 1.76. The highest BCUT2D eigenvalue weighted by Gasteiger charge is 2.14. The lowest BCUT2D eigenvalue weighted by Gasteiger charge is -2.18. The van der Waals surface area contributed by atoms with Crippen LogP contribution in [0.5, 0.6) is 5.75 Å². The summed E-state index contributed by atoms with van der Waals surface area (Å²) in [6, 6.07) is 8.81. The number of rotatable bonds is 5. The standard InChI is InChI=1S/C14H15F2NOS/c1-9-7-8-19-13(9)10(2)17-11-5-3-4-6-12(11)18-14(15)16/h3-8,10,14,17H,1-2H3. The molecule has 0 saturated carbocycles. The van der Waals surface area contributed by atoms with Gasteiger partial charge in [-0.2, -0.15) is 8.78 Å². The first-order valence-corrected chi connectivity index (χ1v) is 6.80. The second-order valence-electron chi connectivity index (χ2n) is 4.21. The topological polar surface area (TPSA) is 21.3 Å². The van der Waals surface area contributed by atoms with Gasteiger partial charge in [0, 0.05) is 4.88 Å². The molecule has 1 heterocycles. The largest absolute Gasteiger partial charge is 0.433 e. The highest BCUT2D eigenvalue weighted by Crippen LogP contribution is 2.31. The molecule has 0 radical (unpaired) electrons. The molecule has 1 atom stereocenters. The lowest BCUT2D eigenvalue weighted by atomic mass is 10.2. The van der Waals surface area contributed by atoms with E-state index in [-0.39, 0.29) is 11.8 Å². The van der Waals surface area contributed by atoms with E-state index in [0.29, 0.717) is 5.69 Å². The molecular formula is C14H15F2NOS. The van der Waals surface area contributed by atoms with Crippen molar-refractivity contribution in [3.63, 3.8) is 0 Å². The Morgan fingerprint density at radius 2 is 1.95 bits per heavy atom. The van der Waals surface area contributed by atoms with Crippen LogP contribution in [-0.4, -0.2) is 6.61 Å². The molecule has 1 unspecified atom stereocenters. The Kier molecular flexibility index (Phi) is 4.37. The molecule has 0 aliphatic carbocycles. The van der Waals surface area contributed by atoms with E-state index in [0.717, 1.165) is 0 Å². The van der Waals surface area contributed by atoms with E-state index in [1.807, 2.05) is 25.3 Å². The molecule has 0 spiro atoms. The zero-order valence-corrected chi connectivity index (χ0v) is 11.5. The molecule has 1 aromatic heterocycles. The fraction of sp³-hybridized carbons (Fsp3) is 0.286. The average Bonchev–Trinajstić information content (AvgIpc) is 2.77. The molecular weight excluding hydrogens is 268 g/mol. The predicted molar refractivity (Wildman–Crippen MR) is 74.2 cm³/mol. The summed E-state index contributed by atoms with van der Waals surface area (Å²) in [5, 5.41) is 5.23. The van der Waals surface area contributed by atoms with Gasteiger partial charge in [0.25, 0.3) is 0 Å². The van der Waals surface area contributed by atoms with Crippen molar-refractivity contribution >= 4 is 17.0 Å². The normalized spacial score (nSPS) is 12.5. The van der Waals surface area contributed by atoms with E-state index >= 15 is 0 Å². The summed E-state index contributed by atoms with van der Waals surface area (Å²) in [5.74, 6) is 0.165. The molecule has 5 heteroatoms. The number of alkyl halides is 2. The third-order valence-corrected chi connectivity index (χ3v) is 3.97. The number of nitrogens with one attached hydrogen (secondary N) is 1. The van der Waals surface area contributed by atoms with Crippen LogP contribution in [0.2, 0.25) is 0 Å². The molecule has 1 N–H and O–H groups in total. The van der Waals surface area contributed by atoms with Crippen molar-refractivity contribution < 1.29 is 13.5 Å². The highest BCUT2D eigenvalue weighted by atomic mass is 32.1. The van der Waals surface area contributed by atoms with Gasteiger partial charge >= 0.3 is 6.61 Å². The molecule has 1 aromatic carbocycles. The molecule has 0 bridgehead atoms. The number of hydrogen-bond acceptors (Lipinski definition) is 3. The van der Waals surface area contributed by atoms with Gasteiger partial charge in [0.05, 0.1) is 11.7 Å². The zero-order valence-electron chi connectivity index (χ0n) is 10.7. The first-order chi connectivity index (χ1) is 9.08. The molecule has 0 fully saturated rings. The van der Waals surface area contributed by atoms with Gasteiger partial charge in [-0.15, -0.1) is 11.3 Å². The molecule has 0 saturated heterocycles. The smallest absolute Gasteiger partial charge is 0.387 e. The molecule has 2 nitrogen and oxygen atoms in total. The summed E-state index contributed by atoms with van der Waals surface area (Å²) in [7, 11) is 0. The molecule has 0 aliphatic heterocycles. The van der Waals surface area contributed by atoms with Crippen LogP contribution in [0.4, 0.5) is 14.5 Å². The Bertz CT molecular complexity index is 542. The van der Waals surface area contributed by atoms with E-state index in [1.54, 1.807) is 29.5 Å². The molecule has 0 aliphatic rings. The minimum Gasteiger partial charge on any atom is -0.433 e. The lowest BCUT2D eigenvalue weighted by molar-refractivity contribution is -0.0493. The van der Waals surface area contributed by atoms with Crippen molar-refractivity contribution in [1.82, 2.24) is 0 Å². The second kappa shape index (κ2) is 6.02. The van der Waals surface area contributed by atoms with Gasteiger partial charge in [0.2, 0.25) is 0 Å². The first-order valence-electron chi connectivity index (χ1n) is 5.92. The minimum absolute atomic E-state index is 0.0439. The Morgan fingerprint density at radius 3 is 2.58 bits per heavy atom. The van der Waals surface area contributed by atoms with Gasteiger partial charge in [-0.25, -0.2) is 0 Å². The van der Waals surface area contributed by atoms with Crippen LogP contribution < -0.4 is 10.1 Å². The van der Waals surface area contributed by atoms with Gasteiger partial charge in [0.1, 0.15) is 5.75 Å². The average molecular weight is 283 g/mol. The van der Waals surface area contributed by atoms with Gasteiger partial charge in [0.15, 0.2) is 0 Å². The summed E-state index contributed by atoms with van der Waals surface area (Å²) >= 11 is 1.65. The maximum atomic E-state index is 12.3. The maximum Gasteiger partial charge on any atom is 0.387 e. The zero-order chi connectivity index (χ0) is 13.8. The van der Waals surface area contributed by atoms with Crippen molar-refractivity contribution in [2.24, 2.45) is 0 Å². The minimum atomic E-state index is -2.82. The van der Waals surface area contributed by atoms with Crippen molar-refractivity contribution in [3.8, 4) is 5.75 Å². The first kappa shape index (κ1) is 13.8. The molecule has 19 heavy (non-hydrogen) atoms. The van der Waals surface area contributed by atoms with E-state index in [2.05, 4.69) is 10.1 Å². The van der Waals surface area contributed by atoms with Crippen LogP contribution in [0.1, 0.15) is 23.4 Å². The quantitative estimate of drug-likeness (QED) is 0.848. The summed E-state index contributed by atoms with van der Waals surface area (Å²) in [4.78, 5) is 1.19. The number of thiophene rings is 1. The molecule has 2 aromatic rings. The van der Waals surface area contributed by atoms with Crippen LogP contribution in [0.25, 0.3) is 0 Å². The Hall–Kier alpha value is -1.62. The summed E-state index contributed by atoms with van der Waals surface area (Å²) in [6.07, 6.45) is 0. The van der Waals surface area contributed by atoms with Crippen LogP contribution in [0.3, 0.4) is 0 Å². The number of ether oxygens (including phenoxy) is 1. The summed E-state index contributed by atoms with van der Waals surface area (Å²) < 4.78 is 29.2. The predicted octanol–water partition coefficient (Wildman–Crippen LogP) is 4.83. The van der Waals surface area contributed by atoms with Gasteiger partial charge in [-0.3, -0.25) is 0 Å². The fourth-order valence-electron chi connectivity index (χ4n) is 1.91.